The van der Waals surface area contributed by atoms with E-state index in [-0.39, 0.29) is 5.56 Å². The van der Waals surface area contributed by atoms with Crippen LogP contribution in [-0.4, -0.2) is 26.0 Å². The maximum absolute atomic E-state index is 11.9. The van der Waals surface area contributed by atoms with E-state index in [2.05, 4.69) is 14.4 Å². The summed E-state index contributed by atoms with van der Waals surface area (Å²) in [6.07, 6.45) is 1.46. The van der Waals surface area contributed by atoms with E-state index in [0.29, 0.717) is 33.1 Å². The number of rotatable bonds is 3. The molecule has 19 heavy (non-hydrogen) atoms. The third-order valence-corrected chi connectivity index (χ3v) is 3.71. The number of nitrogens with zero attached hydrogens (tertiary/aromatic N) is 2. The Labute approximate surface area is 118 Å². The lowest BCUT2D eigenvalue weighted by Gasteiger charge is -2.04. The summed E-state index contributed by atoms with van der Waals surface area (Å²) in [7, 11) is 0. The van der Waals surface area contributed by atoms with Gasteiger partial charge in [0.25, 0.3) is 5.56 Å². The van der Waals surface area contributed by atoms with Crippen LogP contribution in [0, 0.1) is 0 Å². The Balaban J connectivity index is 2.58. The minimum atomic E-state index is -1.31. The van der Waals surface area contributed by atoms with Gasteiger partial charge in [-0.3, -0.25) is 4.79 Å². The largest absolute Gasteiger partial charge is 0.591 e. The molecule has 0 aromatic carbocycles. The molecule has 2 heterocycles. The molecule has 0 saturated carbocycles. The van der Waals surface area contributed by atoms with Gasteiger partial charge >= 0.3 is 0 Å². The summed E-state index contributed by atoms with van der Waals surface area (Å²) in [5.41, 5.74) is 0.959. The minimum absolute atomic E-state index is 0.309. The van der Waals surface area contributed by atoms with Crippen molar-refractivity contribution in [3.63, 3.8) is 0 Å². The molecule has 1 N–H and O–H groups in total. The van der Waals surface area contributed by atoms with Crippen molar-refractivity contribution in [3.8, 4) is 0 Å². The van der Waals surface area contributed by atoms with Crippen LogP contribution in [0.1, 0.15) is 19.4 Å². The first kappa shape index (κ1) is 14.0. The highest BCUT2D eigenvalue weighted by atomic mass is 35.5. The SMILES string of the molecule is CC[S@@+]([O-])/N=C(\C)c1cc2cc(Cl)cnc2[nH]c1=O. The van der Waals surface area contributed by atoms with Crippen molar-refractivity contribution in [2.24, 2.45) is 4.40 Å². The van der Waals surface area contributed by atoms with Gasteiger partial charge in [-0.2, -0.15) is 0 Å². The first-order valence-electron chi connectivity index (χ1n) is 5.64. The molecular weight excluding hydrogens is 286 g/mol. The molecule has 0 aliphatic heterocycles. The van der Waals surface area contributed by atoms with E-state index in [4.69, 9.17) is 11.6 Å². The first-order chi connectivity index (χ1) is 9.01. The number of halogens is 1. The first-order valence-corrected chi connectivity index (χ1v) is 7.29. The summed E-state index contributed by atoms with van der Waals surface area (Å²) < 4.78 is 15.4. The van der Waals surface area contributed by atoms with Crippen LogP contribution in [0.25, 0.3) is 11.0 Å². The van der Waals surface area contributed by atoms with Gasteiger partial charge < -0.3 is 9.54 Å². The lowest BCUT2D eigenvalue weighted by molar-refractivity contribution is 0.598. The molecule has 100 valence electrons. The van der Waals surface area contributed by atoms with Crippen LogP contribution >= 0.6 is 11.6 Å². The lowest BCUT2D eigenvalue weighted by Crippen LogP contribution is -2.18. The number of hydrogen-bond acceptors (Lipinski definition) is 4. The molecule has 0 bridgehead atoms. The van der Waals surface area contributed by atoms with Gasteiger partial charge in [-0.15, -0.1) is 0 Å². The van der Waals surface area contributed by atoms with Crippen LogP contribution in [0.4, 0.5) is 0 Å². The third kappa shape index (κ3) is 3.15. The molecule has 0 aliphatic carbocycles. The molecule has 0 fully saturated rings. The van der Waals surface area contributed by atoms with E-state index in [9.17, 15) is 9.35 Å². The monoisotopic (exact) mass is 297 g/mol. The van der Waals surface area contributed by atoms with Crippen molar-refractivity contribution < 1.29 is 4.55 Å². The molecule has 1 atom stereocenters. The van der Waals surface area contributed by atoms with Crippen LogP contribution in [0.5, 0.6) is 0 Å². The summed E-state index contributed by atoms with van der Waals surface area (Å²) in [5, 5.41) is 1.19. The molecule has 0 amide bonds. The Kier molecular flexibility index (Phi) is 4.24. The van der Waals surface area contributed by atoms with Crippen LogP contribution in [0.2, 0.25) is 5.02 Å². The van der Waals surface area contributed by atoms with E-state index < -0.39 is 11.4 Å². The van der Waals surface area contributed by atoms with Gasteiger partial charge in [0.15, 0.2) is 0 Å². The van der Waals surface area contributed by atoms with Gasteiger partial charge in [0.1, 0.15) is 17.1 Å². The zero-order valence-corrected chi connectivity index (χ0v) is 12.0. The Morgan fingerprint density at radius 3 is 3.00 bits per heavy atom. The number of H-pyrrole nitrogens is 1. The summed E-state index contributed by atoms with van der Waals surface area (Å²) in [6, 6.07) is 3.35. The standard InChI is InChI=1S/C12H12ClN3O2S/c1-3-19(18)16-7(2)10-5-8-4-9(13)6-14-11(8)15-12(10)17/h4-6H,3H2,1-2H3,(H,14,15,17)/b16-7+/t19-/m1/s1. The van der Waals surface area contributed by atoms with Gasteiger partial charge in [-0.05, 0) is 26.0 Å². The predicted octanol–water partition coefficient (Wildman–Crippen LogP) is 2.07. The second-order valence-electron chi connectivity index (χ2n) is 3.89. The van der Waals surface area contributed by atoms with Gasteiger partial charge in [0.05, 0.1) is 21.9 Å². The van der Waals surface area contributed by atoms with Crippen molar-refractivity contribution >= 4 is 39.7 Å². The van der Waals surface area contributed by atoms with Crippen LogP contribution < -0.4 is 5.56 Å². The molecule has 5 nitrogen and oxygen atoms in total. The maximum Gasteiger partial charge on any atom is 0.258 e. The Morgan fingerprint density at radius 2 is 2.32 bits per heavy atom. The fourth-order valence-electron chi connectivity index (χ4n) is 1.60. The molecule has 0 saturated heterocycles. The zero-order valence-electron chi connectivity index (χ0n) is 10.4. The van der Waals surface area contributed by atoms with Gasteiger partial charge in [0, 0.05) is 11.6 Å². The van der Waals surface area contributed by atoms with E-state index in [1.54, 1.807) is 26.0 Å². The molecular formula is C12H12ClN3O2S. The summed E-state index contributed by atoms with van der Waals surface area (Å²) in [5.74, 6) is 0.413. The molecule has 2 aromatic rings. The lowest BCUT2D eigenvalue weighted by atomic mass is 10.1. The molecule has 2 rings (SSSR count). The third-order valence-electron chi connectivity index (χ3n) is 2.54. The molecule has 7 heteroatoms. The fraction of sp³-hybridized carbons (Fsp3) is 0.250. The van der Waals surface area contributed by atoms with E-state index in [0.717, 1.165) is 0 Å². The molecule has 0 unspecified atom stereocenters. The summed E-state index contributed by atoms with van der Waals surface area (Å²) in [6.45, 7) is 3.42. The Hall–Kier alpha value is -1.37. The van der Waals surface area contributed by atoms with Crippen LogP contribution in [0.3, 0.4) is 0 Å². The van der Waals surface area contributed by atoms with Crippen LogP contribution in [-0.2, 0) is 11.4 Å². The van der Waals surface area contributed by atoms with E-state index in [1.165, 1.54) is 6.20 Å². The number of aromatic amines is 1. The maximum atomic E-state index is 11.9. The number of nitrogens with one attached hydrogen (secondary N) is 1. The molecule has 0 spiro atoms. The molecule has 0 radical (unpaired) electrons. The summed E-state index contributed by atoms with van der Waals surface area (Å²) in [4.78, 5) is 18.6. The topological polar surface area (TPSA) is 81.2 Å². The van der Waals surface area contributed by atoms with Crippen molar-refractivity contribution in [3.05, 3.63) is 39.3 Å². The number of pyridine rings is 2. The highest BCUT2D eigenvalue weighted by Crippen LogP contribution is 2.15. The normalized spacial score (nSPS) is 13.8. The smallest absolute Gasteiger partial charge is 0.258 e. The van der Waals surface area contributed by atoms with Crippen molar-refractivity contribution in [2.75, 3.05) is 5.75 Å². The quantitative estimate of drug-likeness (QED) is 0.695. The van der Waals surface area contributed by atoms with Crippen molar-refractivity contribution in [1.82, 2.24) is 9.97 Å². The zero-order chi connectivity index (χ0) is 14.0. The van der Waals surface area contributed by atoms with E-state index in [1.807, 2.05) is 0 Å². The highest BCUT2D eigenvalue weighted by molar-refractivity contribution is 7.90. The average Bonchev–Trinajstić information content (AvgIpc) is 2.38. The minimum Gasteiger partial charge on any atom is -0.591 e. The Bertz CT molecular complexity index is 699. The fourth-order valence-corrected chi connectivity index (χ4v) is 2.30. The van der Waals surface area contributed by atoms with Gasteiger partial charge in [0.2, 0.25) is 0 Å². The molecule has 0 aliphatic rings. The predicted molar refractivity (Wildman–Crippen MR) is 78.3 cm³/mol. The Morgan fingerprint density at radius 1 is 1.58 bits per heavy atom. The second kappa shape index (κ2) is 5.73. The average molecular weight is 298 g/mol. The van der Waals surface area contributed by atoms with Crippen molar-refractivity contribution in [1.29, 1.82) is 0 Å². The van der Waals surface area contributed by atoms with Crippen molar-refractivity contribution in [2.45, 2.75) is 13.8 Å². The highest BCUT2D eigenvalue weighted by Gasteiger charge is 2.10. The van der Waals surface area contributed by atoms with Crippen LogP contribution in [0.15, 0.2) is 27.5 Å². The number of aromatic nitrogens is 2. The summed E-state index contributed by atoms with van der Waals surface area (Å²) >= 11 is 4.55. The number of hydrogen-bond donors (Lipinski definition) is 1. The molecule has 2 aromatic heterocycles. The van der Waals surface area contributed by atoms with E-state index >= 15 is 0 Å². The van der Waals surface area contributed by atoms with Gasteiger partial charge in [-0.25, -0.2) is 4.98 Å². The number of fused-ring (bicyclic) bond motifs is 1. The van der Waals surface area contributed by atoms with Gasteiger partial charge in [-0.1, -0.05) is 16.0 Å². The second-order valence-corrected chi connectivity index (χ2v) is 5.73.